The molecule has 0 bridgehead atoms. The molecule has 0 radical (unpaired) electrons. The van der Waals surface area contributed by atoms with Crippen LogP contribution in [-0.2, 0) is 12.8 Å². The van der Waals surface area contributed by atoms with Crippen LogP contribution in [0.5, 0.6) is 0 Å². The van der Waals surface area contributed by atoms with Crippen LogP contribution in [0.25, 0.3) is 0 Å². The standard InChI is InChI=1S/C12H16ClNO/c13-7-12(15)8-14-11-5-4-9-2-1-3-10(9)6-11/h4-6,12,14-15H,1-3,7-8H2. The minimum atomic E-state index is -0.472. The fourth-order valence-electron chi connectivity index (χ4n) is 1.97. The molecule has 1 aliphatic carbocycles. The fraction of sp³-hybridized carbons (Fsp3) is 0.500. The number of alkyl halides is 1. The van der Waals surface area contributed by atoms with E-state index in [1.807, 2.05) is 0 Å². The van der Waals surface area contributed by atoms with Crippen molar-refractivity contribution < 1.29 is 5.11 Å². The Kier molecular flexibility index (Phi) is 3.49. The smallest absolute Gasteiger partial charge is 0.0847 e. The molecule has 3 heteroatoms. The number of halogens is 1. The van der Waals surface area contributed by atoms with Crippen LogP contribution in [0.2, 0.25) is 0 Å². The van der Waals surface area contributed by atoms with Crippen LogP contribution >= 0.6 is 11.6 Å². The number of nitrogens with one attached hydrogen (secondary N) is 1. The molecule has 0 aromatic heterocycles. The largest absolute Gasteiger partial charge is 0.390 e. The number of fused-ring (bicyclic) bond motifs is 1. The van der Waals surface area contributed by atoms with Gasteiger partial charge in [-0.1, -0.05) is 6.07 Å². The molecule has 0 spiro atoms. The van der Waals surface area contributed by atoms with Crippen LogP contribution in [0.3, 0.4) is 0 Å². The maximum atomic E-state index is 9.32. The van der Waals surface area contributed by atoms with E-state index in [1.54, 1.807) is 0 Å². The first-order chi connectivity index (χ1) is 7.29. The predicted molar refractivity (Wildman–Crippen MR) is 63.7 cm³/mol. The summed E-state index contributed by atoms with van der Waals surface area (Å²) in [7, 11) is 0. The summed E-state index contributed by atoms with van der Waals surface area (Å²) in [5, 5.41) is 12.5. The topological polar surface area (TPSA) is 32.3 Å². The average Bonchev–Trinajstić information content (AvgIpc) is 2.72. The van der Waals surface area contributed by atoms with Crippen LogP contribution in [0.1, 0.15) is 17.5 Å². The summed E-state index contributed by atoms with van der Waals surface area (Å²) in [6.45, 7) is 0.516. The molecule has 0 amide bonds. The maximum Gasteiger partial charge on any atom is 0.0847 e. The van der Waals surface area contributed by atoms with Crippen molar-refractivity contribution in [3.05, 3.63) is 29.3 Å². The highest BCUT2D eigenvalue weighted by molar-refractivity contribution is 6.18. The van der Waals surface area contributed by atoms with E-state index in [4.69, 9.17) is 11.6 Å². The summed E-state index contributed by atoms with van der Waals surface area (Å²) in [4.78, 5) is 0. The van der Waals surface area contributed by atoms with Crippen molar-refractivity contribution >= 4 is 17.3 Å². The number of hydrogen-bond acceptors (Lipinski definition) is 2. The first kappa shape index (κ1) is 10.8. The minimum absolute atomic E-state index is 0.276. The van der Waals surface area contributed by atoms with Crippen LogP contribution in [0.4, 0.5) is 5.69 Å². The zero-order chi connectivity index (χ0) is 10.7. The quantitative estimate of drug-likeness (QED) is 0.770. The minimum Gasteiger partial charge on any atom is -0.390 e. The molecular formula is C12H16ClNO. The van der Waals surface area contributed by atoms with E-state index in [9.17, 15) is 5.11 Å². The predicted octanol–water partition coefficient (Wildman–Crippen LogP) is 2.19. The Bertz CT molecular complexity index is 340. The molecule has 82 valence electrons. The van der Waals surface area contributed by atoms with E-state index >= 15 is 0 Å². The van der Waals surface area contributed by atoms with Crippen molar-refractivity contribution in [3.63, 3.8) is 0 Å². The summed E-state index contributed by atoms with van der Waals surface area (Å²) in [6.07, 6.45) is 3.19. The fourth-order valence-corrected chi connectivity index (χ4v) is 2.08. The first-order valence-corrected chi connectivity index (χ1v) is 5.93. The summed E-state index contributed by atoms with van der Waals surface area (Å²) >= 11 is 5.52. The van der Waals surface area contributed by atoms with Gasteiger partial charge in [0.2, 0.25) is 0 Å². The second-order valence-corrected chi connectivity index (χ2v) is 4.33. The molecule has 1 unspecified atom stereocenters. The lowest BCUT2D eigenvalue weighted by atomic mass is 10.1. The van der Waals surface area contributed by atoms with Gasteiger partial charge in [0.1, 0.15) is 0 Å². The van der Waals surface area contributed by atoms with Crippen LogP contribution in [-0.4, -0.2) is 23.6 Å². The Morgan fingerprint density at radius 1 is 1.33 bits per heavy atom. The monoisotopic (exact) mass is 225 g/mol. The summed E-state index contributed by atoms with van der Waals surface area (Å²) in [5.41, 5.74) is 4.00. The highest BCUT2D eigenvalue weighted by Gasteiger charge is 2.10. The molecule has 1 aromatic rings. The second-order valence-electron chi connectivity index (χ2n) is 4.03. The molecule has 0 saturated carbocycles. The van der Waals surface area contributed by atoms with E-state index in [1.165, 1.54) is 30.4 Å². The van der Waals surface area contributed by atoms with Gasteiger partial charge in [0, 0.05) is 12.2 Å². The third-order valence-electron chi connectivity index (χ3n) is 2.82. The maximum absolute atomic E-state index is 9.32. The van der Waals surface area contributed by atoms with Gasteiger partial charge in [-0.25, -0.2) is 0 Å². The third kappa shape index (κ3) is 2.64. The number of aliphatic hydroxyl groups excluding tert-OH is 1. The van der Waals surface area contributed by atoms with Crippen molar-refractivity contribution in [2.24, 2.45) is 0 Å². The van der Waals surface area contributed by atoms with Crippen LogP contribution in [0.15, 0.2) is 18.2 Å². The Labute approximate surface area is 95.3 Å². The number of aliphatic hydroxyl groups is 1. The lowest BCUT2D eigenvalue weighted by molar-refractivity contribution is 0.211. The lowest BCUT2D eigenvalue weighted by Gasteiger charge is -2.11. The van der Waals surface area contributed by atoms with Crippen molar-refractivity contribution in [2.45, 2.75) is 25.4 Å². The molecule has 1 aliphatic rings. The summed E-state index contributed by atoms with van der Waals surface area (Å²) in [5.74, 6) is 0.276. The van der Waals surface area contributed by atoms with Gasteiger partial charge in [-0.3, -0.25) is 0 Å². The third-order valence-corrected chi connectivity index (χ3v) is 3.17. The average molecular weight is 226 g/mol. The molecule has 0 fully saturated rings. The molecule has 1 atom stereocenters. The van der Waals surface area contributed by atoms with Gasteiger partial charge in [-0.05, 0) is 42.5 Å². The van der Waals surface area contributed by atoms with E-state index in [0.717, 1.165) is 5.69 Å². The Balaban J connectivity index is 1.98. The zero-order valence-corrected chi connectivity index (χ0v) is 9.43. The van der Waals surface area contributed by atoms with Crippen LogP contribution in [0, 0.1) is 0 Å². The van der Waals surface area contributed by atoms with Crippen LogP contribution < -0.4 is 5.32 Å². The van der Waals surface area contributed by atoms with Crippen molar-refractivity contribution in [1.29, 1.82) is 0 Å². The molecular weight excluding hydrogens is 210 g/mol. The van der Waals surface area contributed by atoms with E-state index in [-0.39, 0.29) is 5.88 Å². The molecule has 2 N–H and O–H groups in total. The Hall–Kier alpha value is -0.730. The number of aryl methyl sites for hydroxylation is 2. The van der Waals surface area contributed by atoms with Gasteiger partial charge in [-0.2, -0.15) is 0 Å². The summed E-state index contributed by atoms with van der Waals surface area (Å²) < 4.78 is 0. The van der Waals surface area contributed by atoms with Gasteiger partial charge in [-0.15, -0.1) is 11.6 Å². The van der Waals surface area contributed by atoms with Crippen molar-refractivity contribution in [2.75, 3.05) is 17.7 Å². The molecule has 1 aromatic carbocycles. The molecule has 0 saturated heterocycles. The van der Waals surface area contributed by atoms with Gasteiger partial charge in [0.05, 0.1) is 12.0 Å². The van der Waals surface area contributed by atoms with Crippen molar-refractivity contribution in [1.82, 2.24) is 0 Å². The van der Waals surface area contributed by atoms with E-state index in [0.29, 0.717) is 6.54 Å². The van der Waals surface area contributed by atoms with Gasteiger partial charge >= 0.3 is 0 Å². The normalized spacial score (nSPS) is 16.1. The number of hydrogen-bond donors (Lipinski definition) is 2. The Morgan fingerprint density at radius 3 is 2.93 bits per heavy atom. The Morgan fingerprint density at radius 2 is 2.13 bits per heavy atom. The van der Waals surface area contributed by atoms with E-state index in [2.05, 4.69) is 23.5 Å². The number of benzene rings is 1. The highest BCUT2D eigenvalue weighted by Crippen LogP contribution is 2.24. The van der Waals surface area contributed by atoms with Gasteiger partial charge in [0.15, 0.2) is 0 Å². The van der Waals surface area contributed by atoms with Crippen molar-refractivity contribution in [3.8, 4) is 0 Å². The number of anilines is 1. The molecule has 2 nitrogen and oxygen atoms in total. The SMILES string of the molecule is OC(CCl)CNc1ccc2c(c1)CCC2. The summed E-state index contributed by atoms with van der Waals surface area (Å²) in [6, 6.07) is 6.44. The molecule has 15 heavy (non-hydrogen) atoms. The van der Waals surface area contributed by atoms with Gasteiger partial charge in [0.25, 0.3) is 0 Å². The lowest BCUT2D eigenvalue weighted by Crippen LogP contribution is -2.20. The molecule has 2 rings (SSSR count). The first-order valence-electron chi connectivity index (χ1n) is 5.39. The molecule has 0 heterocycles. The highest BCUT2D eigenvalue weighted by atomic mass is 35.5. The van der Waals surface area contributed by atoms with E-state index < -0.39 is 6.10 Å². The molecule has 0 aliphatic heterocycles. The van der Waals surface area contributed by atoms with Gasteiger partial charge < -0.3 is 10.4 Å². The number of rotatable bonds is 4. The zero-order valence-electron chi connectivity index (χ0n) is 8.67. The second kappa shape index (κ2) is 4.86.